The zero-order chi connectivity index (χ0) is 20.1. The Morgan fingerprint density at radius 1 is 0.929 bits per heavy atom. The van der Waals surface area contributed by atoms with Crippen LogP contribution in [-0.4, -0.2) is 16.3 Å². The molecule has 0 heterocycles. The third-order valence-electron chi connectivity index (χ3n) is 4.31. The maximum absolute atomic E-state index is 12.5. The van der Waals surface area contributed by atoms with Gasteiger partial charge in [0.05, 0.1) is 5.56 Å². The SMILES string of the molecule is Cc1cc(/C=C/c2cccc(C(=O)Oc3ccccc3NO)c2)cc(C)c1O. The van der Waals surface area contributed by atoms with E-state index in [1.54, 1.807) is 42.5 Å². The van der Waals surface area contributed by atoms with Gasteiger partial charge in [0.15, 0.2) is 5.75 Å². The molecule has 0 spiro atoms. The molecule has 0 fully saturated rings. The lowest BCUT2D eigenvalue weighted by molar-refractivity contribution is 0.0735. The van der Waals surface area contributed by atoms with Gasteiger partial charge in [0.2, 0.25) is 0 Å². The summed E-state index contributed by atoms with van der Waals surface area (Å²) in [5.74, 6) is 0.0276. The lowest BCUT2D eigenvalue weighted by Crippen LogP contribution is -2.09. The van der Waals surface area contributed by atoms with Crippen molar-refractivity contribution in [1.82, 2.24) is 0 Å². The molecule has 0 saturated carbocycles. The van der Waals surface area contributed by atoms with E-state index in [0.717, 1.165) is 22.3 Å². The highest BCUT2D eigenvalue weighted by Crippen LogP contribution is 2.25. The molecule has 0 atom stereocenters. The maximum atomic E-state index is 12.5. The second-order valence-corrected chi connectivity index (χ2v) is 6.46. The van der Waals surface area contributed by atoms with Crippen molar-refractivity contribution in [2.45, 2.75) is 13.8 Å². The van der Waals surface area contributed by atoms with E-state index in [4.69, 9.17) is 9.94 Å². The molecule has 0 amide bonds. The lowest BCUT2D eigenvalue weighted by Gasteiger charge is -2.09. The topological polar surface area (TPSA) is 78.8 Å². The summed E-state index contributed by atoms with van der Waals surface area (Å²) in [6.07, 6.45) is 3.82. The summed E-state index contributed by atoms with van der Waals surface area (Å²) in [4.78, 5) is 12.5. The summed E-state index contributed by atoms with van der Waals surface area (Å²) in [7, 11) is 0. The molecule has 142 valence electrons. The van der Waals surface area contributed by atoms with Crippen molar-refractivity contribution in [3.8, 4) is 11.5 Å². The quantitative estimate of drug-likeness (QED) is 0.247. The second-order valence-electron chi connectivity index (χ2n) is 6.46. The molecule has 0 saturated heterocycles. The molecule has 3 rings (SSSR count). The Bertz CT molecular complexity index is 1020. The Hall–Kier alpha value is -3.57. The van der Waals surface area contributed by atoms with Crippen LogP contribution in [0, 0.1) is 13.8 Å². The highest BCUT2D eigenvalue weighted by Gasteiger charge is 2.11. The largest absolute Gasteiger partial charge is 0.507 e. The second kappa shape index (κ2) is 8.41. The average molecular weight is 375 g/mol. The van der Waals surface area contributed by atoms with Crippen LogP contribution >= 0.6 is 0 Å². The van der Waals surface area contributed by atoms with E-state index >= 15 is 0 Å². The van der Waals surface area contributed by atoms with E-state index in [9.17, 15) is 9.90 Å². The van der Waals surface area contributed by atoms with Crippen LogP contribution in [0.1, 0.15) is 32.6 Å². The van der Waals surface area contributed by atoms with Crippen LogP contribution in [0.25, 0.3) is 12.2 Å². The molecule has 0 bridgehead atoms. The number of para-hydroxylation sites is 2. The minimum Gasteiger partial charge on any atom is -0.507 e. The molecule has 0 aromatic heterocycles. The summed E-state index contributed by atoms with van der Waals surface area (Å²) >= 11 is 0. The fourth-order valence-corrected chi connectivity index (χ4v) is 2.85. The first kappa shape index (κ1) is 19.2. The first-order valence-electron chi connectivity index (χ1n) is 8.77. The Kier molecular flexibility index (Phi) is 5.77. The van der Waals surface area contributed by atoms with Crippen LogP contribution in [-0.2, 0) is 0 Å². The Labute approximate surface area is 163 Å². The third kappa shape index (κ3) is 4.39. The first-order chi connectivity index (χ1) is 13.5. The number of phenolic OH excluding ortho intramolecular Hbond substituents is 1. The molecule has 3 aromatic rings. The number of hydrogen-bond donors (Lipinski definition) is 3. The van der Waals surface area contributed by atoms with E-state index < -0.39 is 5.97 Å². The van der Waals surface area contributed by atoms with Crippen molar-refractivity contribution < 1.29 is 19.8 Å². The summed E-state index contributed by atoms with van der Waals surface area (Å²) in [5, 5.41) is 19.0. The van der Waals surface area contributed by atoms with Gasteiger partial charge >= 0.3 is 5.97 Å². The number of aromatic hydroxyl groups is 1. The van der Waals surface area contributed by atoms with Crippen LogP contribution in [0.5, 0.6) is 11.5 Å². The molecule has 0 aliphatic rings. The minimum absolute atomic E-state index is 0.242. The van der Waals surface area contributed by atoms with Gasteiger partial charge in [-0.25, -0.2) is 4.79 Å². The van der Waals surface area contributed by atoms with Crippen LogP contribution in [0.2, 0.25) is 0 Å². The van der Waals surface area contributed by atoms with Crippen molar-refractivity contribution in [2.24, 2.45) is 0 Å². The van der Waals surface area contributed by atoms with Crippen molar-refractivity contribution >= 4 is 23.8 Å². The van der Waals surface area contributed by atoms with Crippen LogP contribution in [0.15, 0.2) is 60.7 Å². The number of phenols is 1. The van der Waals surface area contributed by atoms with E-state index in [0.29, 0.717) is 17.0 Å². The van der Waals surface area contributed by atoms with E-state index in [2.05, 4.69) is 0 Å². The predicted octanol–water partition coefficient (Wildman–Crippen LogP) is 5.20. The molecular formula is C23H21NO4. The van der Waals surface area contributed by atoms with Gasteiger partial charge in [-0.2, -0.15) is 0 Å². The summed E-state index contributed by atoms with van der Waals surface area (Å²) < 4.78 is 5.37. The van der Waals surface area contributed by atoms with Crippen molar-refractivity contribution in [2.75, 3.05) is 5.48 Å². The number of hydrogen-bond acceptors (Lipinski definition) is 5. The first-order valence-corrected chi connectivity index (χ1v) is 8.77. The number of ether oxygens (including phenoxy) is 1. The van der Waals surface area contributed by atoms with Gasteiger partial charge in [-0.05, 0) is 72.5 Å². The number of carbonyl (C=O) groups excluding carboxylic acids is 1. The third-order valence-corrected chi connectivity index (χ3v) is 4.31. The van der Waals surface area contributed by atoms with Crippen molar-refractivity contribution in [3.63, 3.8) is 0 Å². The van der Waals surface area contributed by atoms with Gasteiger partial charge < -0.3 is 9.84 Å². The minimum atomic E-state index is -0.519. The Balaban J connectivity index is 1.79. The Morgan fingerprint density at radius 3 is 2.32 bits per heavy atom. The number of aryl methyl sites for hydroxylation is 2. The van der Waals surface area contributed by atoms with Gasteiger partial charge in [0.25, 0.3) is 0 Å². The average Bonchev–Trinajstić information content (AvgIpc) is 2.71. The number of esters is 1. The van der Waals surface area contributed by atoms with Crippen LogP contribution < -0.4 is 10.2 Å². The molecule has 28 heavy (non-hydrogen) atoms. The predicted molar refractivity (Wildman–Crippen MR) is 110 cm³/mol. The van der Waals surface area contributed by atoms with E-state index in [1.165, 1.54) is 0 Å². The number of anilines is 1. The van der Waals surface area contributed by atoms with Crippen LogP contribution in [0.4, 0.5) is 5.69 Å². The Morgan fingerprint density at radius 2 is 1.61 bits per heavy atom. The highest BCUT2D eigenvalue weighted by atomic mass is 16.5. The van der Waals surface area contributed by atoms with Gasteiger partial charge in [0, 0.05) is 0 Å². The van der Waals surface area contributed by atoms with Gasteiger partial charge in [-0.15, -0.1) is 0 Å². The van der Waals surface area contributed by atoms with E-state index in [1.807, 2.05) is 49.7 Å². The van der Waals surface area contributed by atoms with Crippen molar-refractivity contribution in [1.29, 1.82) is 0 Å². The zero-order valence-corrected chi connectivity index (χ0v) is 15.6. The molecule has 0 aliphatic heterocycles. The van der Waals surface area contributed by atoms with Gasteiger partial charge in [-0.3, -0.25) is 10.7 Å². The van der Waals surface area contributed by atoms with E-state index in [-0.39, 0.29) is 5.75 Å². The molecule has 0 aliphatic carbocycles. The highest BCUT2D eigenvalue weighted by molar-refractivity contribution is 5.92. The fraction of sp³-hybridized carbons (Fsp3) is 0.0870. The maximum Gasteiger partial charge on any atom is 0.343 e. The normalized spacial score (nSPS) is 10.8. The standard InChI is InChI=1S/C23H21NO4/c1-15-12-18(13-16(2)22(15)25)11-10-17-6-5-7-19(14-17)23(26)28-21-9-4-3-8-20(21)24-27/h3-14,24-25,27H,1-2H3/b11-10+. The number of rotatable bonds is 5. The lowest BCUT2D eigenvalue weighted by atomic mass is 10.0. The summed E-state index contributed by atoms with van der Waals surface area (Å²) in [6, 6.07) is 17.5. The number of nitrogens with one attached hydrogen (secondary N) is 1. The summed E-state index contributed by atoms with van der Waals surface area (Å²) in [6.45, 7) is 3.71. The smallest absolute Gasteiger partial charge is 0.343 e. The zero-order valence-electron chi connectivity index (χ0n) is 15.6. The van der Waals surface area contributed by atoms with Crippen molar-refractivity contribution in [3.05, 3.63) is 88.5 Å². The number of carbonyl (C=O) groups is 1. The number of benzene rings is 3. The molecular weight excluding hydrogens is 354 g/mol. The molecule has 3 N–H and O–H groups in total. The summed E-state index contributed by atoms with van der Waals surface area (Å²) in [5.41, 5.74) is 6.14. The van der Waals surface area contributed by atoms with Gasteiger partial charge in [0.1, 0.15) is 11.4 Å². The molecule has 0 unspecified atom stereocenters. The van der Waals surface area contributed by atoms with Crippen LogP contribution in [0.3, 0.4) is 0 Å². The molecule has 3 aromatic carbocycles. The molecule has 5 nitrogen and oxygen atoms in total. The fourth-order valence-electron chi connectivity index (χ4n) is 2.85. The molecule has 0 radical (unpaired) electrons. The monoisotopic (exact) mass is 375 g/mol. The molecule has 5 heteroatoms. The van der Waals surface area contributed by atoms with Gasteiger partial charge in [-0.1, -0.05) is 36.4 Å².